The van der Waals surface area contributed by atoms with Crippen LogP contribution in [0.1, 0.15) is 20.7 Å². The van der Waals surface area contributed by atoms with Gasteiger partial charge in [0.15, 0.2) is 0 Å². The van der Waals surface area contributed by atoms with E-state index in [0.29, 0.717) is 4.90 Å². The second-order valence-corrected chi connectivity index (χ2v) is 5.06. The van der Waals surface area contributed by atoms with Gasteiger partial charge in [-0.3, -0.25) is 9.59 Å². The smallest absolute Gasteiger partial charge is 0.328 e. The number of carbonyl (C=O) groups excluding carboxylic acids is 3. The van der Waals surface area contributed by atoms with Gasteiger partial charge in [0.25, 0.3) is 11.8 Å². The molecular weight excluding hydrogens is 327 g/mol. The summed E-state index contributed by atoms with van der Waals surface area (Å²) in [6.07, 6.45) is 0. The average Bonchev–Trinajstić information content (AvgIpc) is 2.47. The highest BCUT2D eigenvalue weighted by Crippen LogP contribution is 2.21. The van der Waals surface area contributed by atoms with Crippen molar-refractivity contribution in [3.05, 3.63) is 69.7 Å². The van der Waals surface area contributed by atoms with Gasteiger partial charge in [-0.1, -0.05) is 47.5 Å². The summed E-state index contributed by atoms with van der Waals surface area (Å²) in [5.41, 5.74) is 5.15. The number of amides is 4. The van der Waals surface area contributed by atoms with Crippen LogP contribution in [0.2, 0.25) is 10.0 Å². The highest BCUT2D eigenvalue weighted by molar-refractivity contribution is 6.37. The summed E-state index contributed by atoms with van der Waals surface area (Å²) < 4.78 is 0. The Hall–Kier alpha value is -2.37. The highest BCUT2D eigenvalue weighted by atomic mass is 35.5. The molecule has 4 amide bonds. The molecule has 2 N–H and O–H groups in total. The minimum Gasteiger partial charge on any atom is -0.351 e. The molecule has 0 aliphatic rings. The molecule has 0 spiro atoms. The van der Waals surface area contributed by atoms with Crippen LogP contribution in [0.15, 0.2) is 48.5 Å². The van der Waals surface area contributed by atoms with Gasteiger partial charge in [0, 0.05) is 0 Å². The van der Waals surface area contributed by atoms with E-state index in [9.17, 15) is 14.4 Å². The second-order valence-electron chi connectivity index (χ2n) is 4.24. The topological polar surface area (TPSA) is 80.5 Å². The molecule has 0 saturated carbocycles. The lowest BCUT2D eigenvalue weighted by Gasteiger charge is -2.18. The van der Waals surface area contributed by atoms with E-state index in [1.165, 1.54) is 24.3 Å². The van der Waals surface area contributed by atoms with Crippen molar-refractivity contribution in [1.82, 2.24) is 4.90 Å². The molecular formula is C15H10Cl2N2O3. The molecule has 0 unspecified atom stereocenters. The van der Waals surface area contributed by atoms with Crippen molar-refractivity contribution in [1.29, 1.82) is 0 Å². The van der Waals surface area contributed by atoms with E-state index in [1.54, 1.807) is 24.3 Å². The minimum atomic E-state index is -1.21. The fraction of sp³-hybridized carbons (Fsp3) is 0. The van der Waals surface area contributed by atoms with E-state index in [-0.39, 0.29) is 21.2 Å². The Bertz CT molecular complexity index is 704. The molecule has 7 heteroatoms. The van der Waals surface area contributed by atoms with Crippen LogP contribution < -0.4 is 5.73 Å². The number of rotatable bonds is 2. The number of nitrogens with zero attached hydrogens (tertiary/aromatic N) is 1. The van der Waals surface area contributed by atoms with Gasteiger partial charge in [0.1, 0.15) is 0 Å². The molecule has 112 valence electrons. The molecule has 2 aromatic carbocycles. The molecule has 0 saturated heterocycles. The normalized spacial score (nSPS) is 10.1. The fourth-order valence-electron chi connectivity index (χ4n) is 1.80. The maximum absolute atomic E-state index is 12.4. The van der Waals surface area contributed by atoms with Crippen molar-refractivity contribution in [3.63, 3.8) is 0 Å². The van der Waals surface area contributed by atoms with E-state index >= 15 is 0 Å². The van der Waals surface area contributed by atoms with Crippen molar-refractivity contribution in [2.45, 2.75) is 0 Å². The first-order valence-corrected chi connectivity index (χ1v) is 6.86. The Morgan fingerprint density at radius 1 is 0.773 bits per heavy atom. The number of hydrogen-bond donors (Lipinski definition) is 1. The van der Waals surface area contributed by atoms with Crippen molar-refractivity contribution in [3.8, 4) is 0 Å². The largest absolute Gasteiger partial charge is 0.351 e. The Labute approximate surface area is 136 Å². The van der Waals surface area contributed by atoms with Gasteiger partial charge in [-0.15, -0.1) is 0 Å². The summed E-state index contributed by atoms with van der Waals surface area (Å²) in [6.45, 7) is 0. The molecule has 0 aliphatic carbocycles. The SMILES string of the molecule is NC(=O)N(C(=O)c1ccccc1Cl)C(=O)c1ccccc1Cl. The zero-order valence-electron chi connectivity index (χ0n) is 11.1. The zero-order chi connectivity index (χ0) is 16.3. The number of nitrogens with two attached hydrogens (primary N) is 1. The van der Waals surface area contributed by atoms with E-state index in [1.807, 2.05) is 0 Å². The van der Waals surface area contributed by atoms with Gasteiger partial charge in [0.05, 0.1) is 21.2 Å². The maximum Gasteiger partial charge on any atom is 0.328 e. The van der Waals surface area contributed by atoms with Gasteiger partial charge in [0.2, 0.25) is 0 Å². The van der Waals surface area contributed by atoms with Crippen LogP contribution in [-0.2, 0) is 0 Å². The number of primary amides is 1. The van der Waals surface area contributed by atoms with Crippen LogP contribution in [0.25, 0.3) is 0 Å². The molecule has 0 atom stereocenters. The standard InChI is InChI=1S/C15H10Cl2N2O3/c16-11-7-3-1-5-9(11)13(20)19(15(18)22)14(21)10-6-2-4-8-12(10)17/h1-8H,(H2,18,22). The Balaban J connectivity index is 2.46. The molecule has 0 heterocycles. The molecule has 2 rings (SSSR count). The predicted molar refractivity (Wildman–Crippen MR) is 83.0 cm³/mol. The first-order chi connectivity index (χ1) is 10.4. The third-order valence-corrected chi connectivity index (χ3v) is 3.49. The summed E-state index contributed by atoms with van der Waals surface area (Å²) in [4.78, 5) is 36.7. The minimum absolute atomic E-state index is 0.0108. The van der Waals surface area contributed by atoms with Crippen LogP contribution in [0.3, 0.4) is 0 Å². The van der Waals surface area contributed by atoms with Crippen LogP contribution in [-0.4, -0.2) is 22.7 Å². The van der Waals surface area contributed by atoms with E-state index in [4.69, 9.17) is 28.9 Å². The van der Waals surface area contributed by atoms with E-state index < -0.39 is 17.8 Å². The summed E-state index contributed by atoms with van der Waals surface area (Å²) in [5.74, 6) is -1.83. The molecule has 2 aromatic rings. The lowest BCUT2D eigenvalue weighted by molar-refractivity contribution is 0.0675. The lowest BCUT2D eigenvalue weighted by Crippen LogP contribution is -2.45. The van der Waals surface area contributed by atoms with Crippen molar-refractivity contribution in [2.24, 2.45) is 5.73 Å². The Morgan fingerprint density at radius 3 is 1.45 bits per heavy atom. The van der Waals surface area contributed by atoms with Crippen LogP contribution in [0.5, 0.6) is 0 Å². The summed E-state index contributed by atoms with van der Waals surface area (Å²) in [7, 11) is 0. The van der Waals surface area contributed by atoms with E-state index in [0.717, 1.165) is 0 Å². The van der Waals surface area contributed by atoms with Crippen molar-refractivity contribution < 1.29 is 14.4 Å². The summed E-state index contributed by atoms with van der Waals surface area (Å²) in [6, 6.07) is 10.8. The molecule has 22 heavy (non-hydrogen) atoms. The first-order valence-electron chi connectivity index (χ1n) is 6.10. The van der Waals surface area contributed by atoms with Crippen molar-refractivity contribution in [2.75, 3.05) is 0 Å². The highest BCUT2D eigenvalue weighted by Gasteiger charge is 2.30. The fourth-order valence-corrected chi connectivity index (χ4v) is 2.24. The number of urea groups is 1. The number of halogens is 2. The number of hydrogen-bond acceptors (Lipinski definition) is 3. The van der Waals surface area contributed by atoms with Crippen LogP contribution in [0.4, 0.5) is 4.79 Å². The molecule has 0 bridgehead atoms. The van der Waals surface area contributed by atoms with Gasteiger partial charge >= 0.3 is 6.03 Å². The Morgan fingerprint density at radius 2 is 1.14 bits per heavy atom. The van der Waals surface area contributed by atoms with Crippen molar-refractivity contribution >= 4 is 41.0 Å². The summed E-state index contributed by atoms with van der Waals surface area (Å²) in [5, 5.41) is 0.205. The van der Waals surface area contributed by atoms with Gasteiger partial charge in [-0.25, -0.2) is 4.79 Å². The zero-order valence-corrected chi connectivity index (χ0v) is 12.6. The lowest BCUT2D eigenvalue weighted by atomic mass is 10.1. The monoisotopic (exact) mass is 336 g/mol. The predicted octanol–water partition coefficient (Wildman–Crippen LogP) is 3.35. The Kier molecular flexibility index (Phi) is 4.80. The van der Waals surface area contributed by atoms with Gasteiger partial charge < -0.3 is 5.73 Å². The third kappa shape index (κ3) is 3.10. The molecule has 0 fully saturated rings. The average molecular weight is 337 g/mol. The molecule has 5 nitrogen and oxygen atoms in total. The number of carbonyl (C=O) groups is 3. The van der Waals surface area contributed by atoms with Gasteiger partial charge in [-0.05, 0) is 24.3 Å². The maximum atomic E-state index is 12.4. The third-order valence-electron chi connectivity index (χ3n) is 2.84. The molecule has 0 aromatic heterocycles. The first kappa shape index (κ1) is 16.0. The molecule has 0 radical (unpaired) electrons. The number of benzene rings is 2. The van der Waals surface area contributed by atoms with Crippen LogP contribution in [0, 0.1) is 0 Å². The summed E-state index contributed by atoms with van der Waals surface area (Å²) >= 11 is 11.8. The second kappa shape index (κ2) is 6.60. The molecule has 0 aliphatic heterocycles. The van der Waals surface area contributed by atoms with Crippen LogP contribution >= 0.6 is 23.2 Å². The van der Waals surface area contributed by atoms with Gasteiger partial charge in [-0.2, -0.15) is 4.90 Å². The number of imide groups is 3. The van der Waals surface area contributed by atoms with E-state index in [2.05, 4.69) is 0 Å². The quantitative estimate of drug-likeness (QED) is 0.854.